The fourth-order valence-corrected chi connectivity index (χ4v) is 2.27. The predicted molar refractivity (Wildman–Crippen MR) is 73.5 cm³/mol. The maximum atomic E-state index is 13.6. The lowest BCUT2D eigenvalue weighted by Crippen LogP contribution is -2.01. The molecule has 2 nitrogen and oxygen atoms in total. The van der Waals surface area contributed by atoms with Crippen molar-refractivity contribution in [3.05, 3.63) is 63.4 Å². The van der Waals surface area contributed by atoms with E-state index in [1.807, 2.05) is 0 Å². The van der Waals surface area contributed by atoms with Crippen molar-refractivity contribution < 1.29 is 14.2 Å². The van der Waals surface area contributed by atoms with Crippen molar-refractivity contribution >= 4 is 23.2 Å². The Hall–Kier alpha value is -1.29. The predicted octanol–water partition coefficient (Wildman–Crippen LogP) is 4.22. The van der Waals surface area contributed by atoms with Gasteiger partial charge in [0, 0.05) is 15.6 Å². The van der Waals surface area contributed by atoms with Crippen LogP contribution in [0.2, 0.25) is 10.0 Å². The van der Waals surface area contributed by atoms with Crippen LogP contribution in [-0.2, 0) is 0 Å². The molecule has 1 N–H and O–H groups in total. The molecule has 0 aliphatic rings. The summed E-state index contributed by atoms with van der Waals surface area (Å²) < 4.78 is 18.4. The second-order valence-corrected chi connectivity index (χ2v) is 4.81. The van der Waals surface area contributed by atoms with E-state index in [-0.39, 0.29) is 5.75 Å². The number of aliphatic hydroxyl groups excluding tert-OH is 1. The summed E-state index contributed by atoms with van der Waals surface area (Å²) in [5.74, 6) is -0.415. The van der Waals surface area contributed by atoms with Gasteiger partial charge in [-0.15, -0.1) is 0 Å². The quantitative estimate of drug-likeness (QED) is 0.919. The molecule has 0 amide bonds. The van der Waals surface area contributed by atoms with E-state index in [1.165, 1.54) is 25.3 Å². The van der Waals surface area contributed by atoms with Gasteiger partial charge in [-0.3, -0.25) is 0 Å². The number of halogens is 3. The molecule has 0 spiro atoms. The molecule has 19 heavy (non-hydrogen) atoms. The lowest BCUT2D eigenvalue weighted by atomic mass is 10.0. The molecule has 0 aromatic heterocycles. The first kappa shape index (κ1) is 14.1. The minimum absolute atomic E-state index is 0.123. The number of ether oxygens (including phenoxy) is 1. The van der Waals surface area contributed by atoms with Crippen LogP contribution in [-0.4, -0.2) is 12.2 Å². The molecule has 1 unspecified atom stereocenters. The topological polar surface area (TPSA) is 29.5 Å². The van der Waals surface area contributed by atoms with Crippen LogP contribution in [0.4, 0.5) is 4.39 Å². The molecule has 0 aliphatic carbocycles. The summed E-state index contributed by atoms with van der Waals surface area (Å²) >= 11 is 11.8. The van der Waals surface area contributed by atoms with Crippen LogP contribution in [0, 0.1) is 5.82 Å². The molecular weight excluding hydrogens is 290 g/mol. The first-order chi connectivity index (χ1) is 9.02. The smallest absolute Gasteiger partial charge is 0.165 e. The second kappa shape index (κ2) is 5.78. The third-order valence-corrected chi connectivity index (χ3v) is 3.31. The van der Waals surface area contributed by atoms with Crippen LogP contribution >= 0.6 is 23.2 Å². The SMILES string of the molecule is COc1ccc(C(O)c2ccc(Cl)cc2Cl)cc1F. The summed E-state index contributed by atoms with van der Waals surface area (Å²) in [6.45, 7) is 0. The Morgan fingerprint density at radius 2 is 1.89 bits per heavy atom. The molecule has 2 rings (SSSR count). The Labute approximate surface area is 120 Å². The van der Waals surface area contributed by atoms with Crippen molar-refractivity contribution in [2.24, 2.45) is 0 Å². The molecule has 0 bridgehead atoms. The maximum Gasteiger partial charge on any atom is 0.165 e. The van der Waals surface area contributed by atoms with Gasteiger partial charge in [-0.05, 0) is 29.8 Å². The van der Waals surface area contributed by atoms with Crippen LogP contribution in [0.25, 0.3) is 0 Å². The summed E-state index contributed by atoms with van der Waals surface area (Å²) in [5.41, 5.74) is 0.859. The zero-order valence-corrected chi connectivity index (χ0v) is 11.5. The number of hydrogen-bond donors (Lipinski definition) is 1. The van der Waals surface area contributed by atoms with Crippen molar-refractivity contribution in [2.45, 2.75) is 6.10 Å². The average molecular weight is 301 g/mol. The molecule has 0 fully saturated rings. The van der Waals surface area contributed by atoms with E-state index in [0.29, 0.717) is 21.2 Å². The Balaban J connectivity index is 2.38. The largest absolute Gasteiger partial charge is 0.494 e. The highest BCUT2D eigenvalue weighted by Gasteiger charge is 2.16. The zero-order chi connectivity index (χ0) is 14.0. The highest BCUT2D eigenvalue weighted by molar-refractivity contribution is 6.35. The molecular formula is C14H11Cl2FO2. The van der Waals surface area contributed by atoms with Crippen molar-refractivity contribution in [1.82, 2.24) is 0 Å². The summed E-state index contributed by atoms with van der Waals surface area (Å²) in [4.78, 5) is 0. The first-order valence-electron chi connectivity index (χ1n) is 5.49. The van der Waals surface area contributed by atoms with Crippen molar-refractivity contribution in [2.75, 3.05) is 7.11 Å². The zero-order valence-electron chi connectivity index (χ0n) is 10.0. The Bertz CT molecular complexity index is 602. The molecule has 0 saturated carbocycles. The Morgan fingerprint density at radius 1 is 1.16 bits per heavy atom. The van der Waals surface area contributed by atoms with E-state index < -0.39 is 11.9 Å². The normalized spacial score (nSPS) is 12.3. The van der Waals surface area contributed by atoms with Crippen molar-refractivity contribution in [3.63, 3.8) is 0 Å². The van der Waals surface area contributed by atoms with Gasteiger partial charge >= 0.3 is 0 Å². The first-order valence-corrected chi connectivity index (χ1v) is 6.25. The summed E-state index contributed by atoms with van der Waals surface area (Å²) in [5, 5.41) is 11.0. The van der Waals surface area contributed by atoms with Gasteiger partial charge < -0.3 is 9.84 Å². The van der Waals surface area contributed by atoms with Gasteiger partial charge in [-0.1, -0.05) is 35.3 Å². The minimum atomic E-state index is -1.02. The van der Waals surface area contributed by atoms with Crippen LogP contribution in [0.5, 0.6) is 5.75 Å². The van der Waals surface area contributed by atoms with Crippen LogP contribution < -0.4 is 4.74 Å². The molecule has 0 heterocycles. The van der Waals surface area contributed by atoms with Crippen LogP contribution in [0.1, 0.15) is 17.2 Å². The average Bonchev–Trinajstić information content (AvgIpc) is 2.38. The van der Waals surface area contributed by atoms with Crippen molar-refractivity contribution in [1.29, 1.82) is 0 Å². The summed E-state index contributed by atoms with van der Waals surface area (Å²) in [7, 11) is 1.38. The molecule has 2 aromatic carbocycles. The molecule has 100 valence electrons. The van der Waals surface area contributed by atoms with E-state index in [1.54, 1.807) is 18.2 Å². The van der Waals surface area contributed by atoms with Gasteiger partial charge in [0.05, 0.1) is 7.11 Å². The van der Waals surface area contributed by atoms with Gasteiger partial charge in [0.2, 0.25) is 0 Å². The van der Waals surface area contributed by atoms with Crippen LogP contribution in [0.3, 0.4) is 0 Å². The number of aliphatic hydroxyl groups is 1. The second-order valence-electron chi connectivity index (χ2n) is 3.96. The lowest BCUT2D eigenvalue weighted by Gasteiger charge is -2.14. The standard InChI is InChI=1S/C14H11Cl2FO2/c1-19-13-5-2-8(6-12(13)17)14(18)10-4-3-9(15)7-11(10)16/h2-7,14,18H,1H3. The lowest BCUT2D eigenvalue weighted by molar-refractivity contribution is 0.219. The molecule has 2 aromatic rings. The van der Waals surface area contributed by atoms with Crippen molar-refractivity contribution in [3.8, 4) is 5.75 Å². The molecule has 0 radical (unpaired) electrons. The molecule has 5 heteroatoms. The van der Waals surface area contributed by atoms with Gasteiger partial charge in [-0.2, -0.15) is 0 Å². The monoisotopic (exact) mass is 300 g/mol. The van der Waals surface area contributed by atoms with E-state index >= 15 is 0 Å². The summed E-state index contributed by atoms with van der Waals surface area (Å²) in [6.07, 6.45) is -1.02. The molecule has 0 saturated heterocycles. The van der Waals surface area contributed by atoms with Gasteiger partial charge in [0.15, 0.2) is 11.6 Å². The highest BCUT2D eigenvalue weighted by Crippen LogP contribution is 2.31. The van der Waals surface area contributed by atoms with Crippen LogP contribution in [0.15, 0.2) is 36.4 Å². The molecule has 0 aliphatic heterocycles. The number of methoxy groups -OCH3 is 1. The van der Waals surface area contributed by atoms with Gasteiger partial charge in [-0.25, -0.2) is 4.39 Å². The molecule has 1 atom stereocenters. The number of hydrogen-bond acceptors (Lipinski definition) is 2. The van der Waals surface area contributed by atoms with E-state index in [4.69, 9.17) is 27.9 Å². The number of benzene rings is 2. The third kappa shape index (κ3) is 3.00. The van der Waals surface area contributed by atoms with E-state index in [0.717, 1.165) is 0 Å². The third-order valence-electron chi connectivity index (χ3n) is 2.75. The van der Waals surface area contributed by atoms with Gasteiger partial charge in [0.1, 0.15) is 6.10 Å². The minimum Gasteiger partial charge on any atom is -0.494 e. The van der Waals surface area contributed by atoms with E-state index in [9.17, 15) is 9.50 Å². The van der Waals surface area contributed by atoms with E-state index in [2.05, 4.69) is 0 Å². The summed E-state index contributed by atoms with van der Waals surface area (Å²) in [6, 6.07) is 9.01. The highest BCUT2D eigenvalue weighted by atomic mass is 35.5. The fraction of sp³-hybridized carbons (Fsp3) is 0.143. The Kier molecular flexibility index (Phi) is 4.30. The Morgan fingerprint density at radius 3 is 2.47 bits per heavy atom. The number of rotatable bonds is 3. The van der Waals surface area contributed by atoms with Gasteiger partial charge in [0.25, 0.3) is 0 Å². The fourth-order valence-electron chi connectivity index (χ4n) is 1.76. The maximum absolute atomic E-state index is 13.6.